The highest BCUT2D eigenvalue weighted by molar-refractivity contribution is 5.05. The number of aliphatic hydroxyl groups is 2. The van der Waals surface area contributed by atoms with Gasteiger partial charge in [0, 0.05) is 13.2 Å². The molecule has 3 aliphatic rings. The molecule has 0 spiro atoms. The fraction of sp³-hybridized carbons (Fsp3) is 1.00. The molecule has 0 radical (unpaired) electrons. The van der Waals surface area contributed by atoms with Gasteiger partial charge in [0.2, 0.25) is 0 Å². The Morgan fingerprint density at radius 3 is 1.79 bits per heavy atom. The Morgan fingerprint density at radius 1 is 0.786 bits per heavy atom. The molecule has 0 aliphatic heterocycles. The minimum Gasteiger partial charge on any atom is -0.396 e. The fourth-order valence-electron chi connectivity index (χ4n) is 4.81. The third kappa shape index (κ3) is 1.04. The maximum Gasteiger partial charge on any atom is 0.0464 e. The Kier molecular flexibility index (Phi) is 2.10. The maximum absolute atomic E-state index is 9.38. The third-order valence-corrected chi connectivity index (χ3v) is 5.26. The van der Waals surface area contributed by atoms with Crippen molar-refractivity contribution >= 4 is 0 Å². The van der Waals surface area contributed by atoms with E-state index in [2.05, 4.69) is 0 Å². The highest BCUT2D eigenvalue weighted by Crippen LogP contribution is 2.62. The molecule has 3 aliphatic carbocycles. The van der Waals surface area contributed by atoms with Crippen LogP contribution < -0.4 is 0 Å². The van der Waals surface area contributed by atoms with E-state index in [4.69, 9.17) is 0 Å². The van der Waals surface area contributed by atoms with Gasteiger partial charge in [-0.05, 0) is 61.2 Å². The minimum absolute atomic E-state index is 0.385. The number of aliphatic hydroxyl groups excluding tert-OH is 2. The van der Waals surface area contributed by atoms with Crippen molar-refractivity contribution in [3.8, 4) is 0 Å². The molecule has 3 rings (SSSR count). The molecule has 3 saturated carbocycles. The molecule has 3 fully saturated rings. The van der Waals surface area contributed by atoms with Gasteiger partial charge in [-0.15, -0.1) is 0 Å². The van der Waals surface area contributed by atoms with E-state index < -0.39 is 0 Å². The van der Waals surface area contributed by atoms with Crippen LogP contribution in [0.15, 0.2) is 0 Å². The van der Waals surface area contributed by atoms with E-state index in [1.807, 2.05) is 0 Å². The second-order valence-corrected chi connectivity index (χ2v) is 5.60. The van der Waals surface area contributed by atoms with Gasteiger partial charge in [0.05, 0.1) is 0 Å². The quantitative estimate of drug-likeness (QED) is 0.698. The van der Waals surface area contributed by atoms with Crippen molar-refractivity contribution in [1.82, 2.24) is 0 Å². The monoisotopic (exact) mass is 196 g/mol. The van der Waals surface area contributed by atoms with Crippen LogP contribution in [0.2, 0.25) is 0 Å². The molecule has 2 nitrogen and oxygen atoms in total. The van der Waals surface area contributed by atoms with Crippen LogP contribution in [-0.2, 0) is 0 Å². The van der Waals surface area contributed by atoms with E-state index in [-0.39, 0.29) is 0 Å². The van der Waals surface area contributed by atoms with Gasteiger partial charge in [-0.2, -0.15) is 0 Å². The highest BCUT2D eigenvalue weighted by Gasteiger charge is 2.56. The molecule has 0 heterocycles. The predicted octanol–water partition coefficient (Wildman–Crippen LogP) is 1.27. The molecule has 0 aromatic heterocycles. The maximum atomic E-state index is 9.38. The van der Waals surface area contributed by atoms with Crippen LogP contribution in [0.25, 0.3) is 0 Å². The lowest BCUT2D eigenvalue weighted by Crippen LogP contribution is -2.16. The molecular weight excluding hydrogens is 176 g/mol. The van der Waals surface area contributed by atoms with Gasteiger partial charge in [-0.1, -0.05) is 0 Å². The Labute approximate surface area is 85.3 Å². The molecular formula is C12H20O2. The molecule has 4 atom stereocenters. The lowest BCUT2D eigenvalue weighted by Gasteiger charge is -2.23. The van der Waals surface area contributed by atoms with Gasteiger partial charge in [0.25, 0.3) is 0 Å². The molecule has 80 valence electrons. The zero-order valence-electron chi connectivity index (χ0n) is 8.60. The van der Waals surface area contributed by atoms with E-state index in [1.165, 1.54) is 25.7 Å². The van der Waals surface area contributed by atoms with E-state index in [1.54, 1.807) is 0 Å². The molecule has 4 unspecified atom stereocenters. The van der Waals surface area contributed by atoms with E-state index >= 15 is 0 Å². The summed E-state index contributed by atoms with van der Waals surface area (Å²) in [5.41, 5.74) is 0. The first kappa shape index (κ1) is 9.17. The smallest absolute Gasteiger partial charge is 0.0464 e. The summed E-state index contributed by atoms with van der Waals surface area (Å²) in [6.07, 6.45) is 5.15. The average Bonchev–Trinajstić information content (AvgIpc) is 2.86. The first-order valence-electron chi connectivity index (χ1n) is 6.07. The summed E-state index contributed by atoms with van der Waals surface area (Å²) in [7, 11) is 0. The lowest BCUT2D eigenvalue weighted by atomic mass is 9.82. The van der Waals surface area contributed by atoms with Crippen molar-refractivity contribution in [2.24, 2.45) is 35.5 Å². The van der Waals surface area contributed by atoms with Crippen molar-refractivity contribution < 1.29 is 10.2 Å². The second-order valence-electron chi connectivity index (χ2n) is 5.60. The predicted molar refractivity (Wildman–Crippen MR) is 53.6 cm³/mol. The summed E-state index contributed by atoms with van der Waals surface area (Å²) in [5.74, 6) is 4.49. The van der Waals surface area contributed by atoms with Gasteiger partial charge in [0.15, 0.2) is 0 Å². The van der Waals surface area contributed by atoms with Crippen LogP contribution in [0.5, 0.6) is 0 Å². The molecule has 2 bridgehead atoms. The summed E-state index contributed by atoms with van der Waals surface area (Å²) in [5, 5.41) is 18.6. The third-order valence-electron chi connectivity index (χ3n) is 5.26. The first-order valence-corrected chi connectivity index (χ1v) is 6.07. The van der Waals surface area contributed by atoms with Crippen LogP contribution in [0, 0.1) is 35.5 Å². The van der Waals surface area contributed by atoms with Gasteiger partial charge in [0.1, 0.15) is 0 Å². The van der Waals surface area contributed by atoms with Crippen LogP contribution in [-0.4, -0.2) is 23.4 Å². The Morgan fingerprint density at radius 2 is 1.36 bits per heavy atom. The Hall–Kier alpha value is -0.0800. The second kappa shape index (κ2) is 3.21. The SMILES string of the molecule is OCC1CC2C3CCC(C3CO)C2C1. The summed E-state index contributed by atoms with van der Waals surface area (Å²) >= 11 is 0. The van der Waals surface area contributed by atoms with Gasteiger partial charge >= 0.3 is 0 Å². The first-order chi connectivity index (χ1) is 6.85. The molecule has 0 aromatic rings. The summed E-state index contributed by atoms with van der Waals surface area (Å²) in [6.45, 7) is 0.794. The Bertz CT molecular complexity index is 208. The van der Waals surface area contributed by atoms with E-state index in [0.717, 1.165) is 23.7 Å². The standard InChI is InChI=1S/C12H20O2/c13-5-7-3-10-8-1-2-9(11(10)4-7)12(8)6-14/h7-14H,1-6H2. The highest BCUT2D eigenvalue weighted by atomic mass is 16.3. The average molecular weight is 196 g/mol. The molecule has 0 amide bonds. The number of hydrogen-bond acceptors (Lipinski definition) is 2. The topological polar surface area (TPSA) is 40.5 Å². The number of rotatable bonds is 2. The molecule has 0 aromatic carbocycles. The Balaban J connectivity index is 1.79. The summed E-state index contributed by atoms with van der Waals surface area (Å²) in [6, 6.07) is 0. The van der Waals surface area contributed by atoms with Gasteiger partial charge in [-0.3, -0.25) is 0 Å². The number of hydrogen-bond donors (Lipinski definition) is 2. The fourth-order valence-corrected chi connectivity index (χ4v) is 4.81. The molecule has 2 N–H and O–H groups in total. The van der Waals surface area contributed by atoms with Gasteiger partial charge < -0.3 is 10.2 Å². The van der Waals surface area contributed by atoms with Crippen LogP contribution in [0.3, 0.4) is 0 Å². The van der Waals surface area contributed by atoms with Crippen molar-refractivity contribution in [1.29, 1.82) is 0 Å². The lowest BCUT2D eigenvalue weighted by molar-refractivity contribution is 0.164. The molecule has 2 heteroatoms. The van der Waals surface area contributed by atoms with Crippen molar-refractivity contribution in [2.45, 2.75) is 25.7 Å². The van der Waals surface area contributed by atoms with Gasteiger partial charge in [-0.25, -0.2) is 0 Å². The molecule has 0 saturated heterocycles. The van der Waals surface area contributed by atoms with Crippen LogP contribution in [0.4, 0.5) is 0 Å². The van der Waals surface area contributed by atoms with Crippen molar-refractivity contribution in [2.75, 3.05) is 13.2 Å². The van der Waals surface area contributed by atoms with Crippen molar-refractivity contribution in [3.05, 3.63) is 0 Å². The summed E-state index contributed by atoms with van der Waals surface area (Å²) < 4.78 is 0. The van der Waals surface area contributed by atoms with E-state index in [9.17, 15) is 10.2 Å². The normalized spacial score (nSPS) is 55.3. The largest absolute Gasteiger partial charge is 0.396 e. The van der Waals surface area contributed by atoms with Crippen LogP contribution >= 0.6 is 0 Å². The summed E-state index contributed by atoms with van der Waals surface area (Å²) in [4.78, 5) is 0. The van der Waals surface area contributed by atoms with E-state index in [0.29, 0.717) is 25.0 Å². The van der Waals surface area contributed by atoms with Crippen molar-refractivity contribution in [3.63, 3.8) is 0 Å². The zero-order valence-corrected chi connectivity index (χ0v) is 8.60. The minimum atomic E-state index is 0.385. The van der Waals surface area contributed by atoms with Crippen LogP contribution in [0.1, 0.15) is 25.7 Å². The number of fused-ring (bicyclic) bond motifs is 5. The zero-order chi connectivity index (χ0) is 9.71. The molecule has 14 heavy (non-hydrogen) atoms.